The van der Waals surface area contributed by atoms with Crippen molar-refractivity contribution in [2.45, 2.75) is 20.8 Å². The van der Waals surface area contributed by atoms with E-state index in [2.05, 4.69) is 5.32 Å². The van der Waals surface area contributed by atoms with Crippen LogP contribution >= 0.6 is 0 Å². The minimum atomic E-state index is -0.181. The van der Waals surface area contributed by atoms with E-state index in [-0.39, 0.29) is 12.5 Å². The zero-order chi connectivity index (χ0) is 15.4. The fourth-order valence-electron chi connectivity index (χ4n) is 2.03. The molecule has 0 bridgehead atoms. The first-order valence-corrected chi connectivity index (χ1v) is 6.82. The smallest absolute Gasteiger partial charge is 0.262 e. The van der Waals surface area contributed by atoms with E-state index in [4.69, 9.17) is 10.5 Å². The molecular weight excluding hydrogens is 264 g/mol. The van der Waals surface area contributed by atoms with Gasteiger partial charge in [0.25, 0.3) is 5.91 Å². The quantitative estimate of drug-likeness (QED) is 0.847. The summed E-state index contributed by atoms with van der Waals surface area (Å²) in [5.74, 6) is 0.486. The second-order valence-electron chi connectivity index (χ2n) is 5.18. The van der Waals surface area contributed by atoms with Crippen molar-refractivity contribution in [2.75, 3.05) is 17.7 Å². The molecule has 0 atom stereocenters. The molecule has 0 heterocycles. The summed E-state index contributed by atoms with van der Waals surface area (Å²) in [5.41, 5.74) is 10.2. The van der Waals surface area contributed by atoms with Crippen molar-refractivity contribution < 1.29 is 9.53 Å². The summed E-state index contributed by atoms with van der Waals surface area (Å²) in [6.45, 7) is 5.82. The molecule has 0 aliphatic rings. The number of nitrogen functional groups attached to an aromatic ring is 1. The first-order valence-electron chi connectivity index (χ1n) is 6.82. The summed E-state index contributed by atoms with van der Waals surface area (Å²) in [7, 11) is 0. The lowest BCUT2D eigenvalue weighted by molar-refractivity contribution is -0.118. The molecule has 110 valence electrons. The molecule has 2 aromatic carbocycles. The third-order valence-corrected chi connectivity index (χ3v) is 3.22. The van der Waals surface area contributed by atoms with Crippen LogP contribution in [0, 0.1) is 20.8 Å². The molecule has 0 fully saturated rings. The van der Waals surface area contributed by atoms with Gasteiger partial charge < -0.3 is 15.8 Å². The number of amides is 1. The van der Waals surface area contributed by atoms with Crippen molar-refractivity contribution in [3.8, 4) is 5.75 Å². The number of ether oxygens (including phenoxy) is 1. The monoisotopic (exact) mass is 284 g/mol. The predicted molar refractivity (Wildman–Crippen MR) is 85.6 cm³/mol. The normalized spacial score (nSPS) is 10.2. The Morgan fingerprint density at radius 2 is 1.86 bits per heavy atom. The van der Waals surface area contributed by atoms with Crippen LogP contribution in [0.15, 0.2) is 36.4 Å². The first kappa shape index (κ1) is 14.9. The first-order chi connectivity index (χ1) is 9.95. The number of carbonyl (C=O) groups is 1. The number of hydrogen-bond donors (Lipinski definition) is 2. The van der Waals surface area contributed by atoms with Gasteiger partial charge in [-0.2, -0.15) is 0 Å². The SMILES string of the molecule is Cc1ccc(C)c(NC(=O)COc2ccc(N)cc2C)c1. The zero-order valence-electron chi connectivity index (χ0n) is 12.6. The van der Waals surface area contributed by atoms with E-state index < -0.39 is 0 Å². The van der Waals surface area contributed by atoms with E-state index in [1.807, 2.05) is 45.0 Å². The summed E-state index contributed by atoms with van der Waals surface area (Å²) >= 11 is 0. The summed E-state index contributed by atoms with van der Waals surface area (Å²) < 4.78 is 5.53. The molecule has 4 nitrogen and oxygen atoms in total. The van der Waals surface area contributed by atoms with Crippen molar-refractivity contribution in [3.05, 3.63) is 53.1 Å². The van der Waals surface area contributed by atoms with Gasteiger partial charge in [0.2, 0.25) is 0 Å². The third-order valence-electron chi connectivity index (χ3n) is 3.22. The molecule has 0 aromatic heterocycles. The largest absolute Gasteiger partial charge is 0.483 e. The molecular formula is C17H20N2O2. The highest BCUT2D eigenvalue weighted by Crippen LogP contribution is 2.20. The predicted octanol–water partition coefficient (Wildman–Crippen LogP) is 3.21. The Morgan fingerprint density at radius 3 is 2.57 bits per heavy atom. The molecule has 0 aliphatic heterocycles. The maximum Gasteiger partial charge on any atom is 0.262 e. The molecule has 2 aromatic rings. The molecule has 0 aliphatic carbocycles. The van der Waals surface area contributed by atoms with Crippen LogP contribution in [-0.2, 0) is 4.79 Å². The lowest BCUT2D eigenvalue weighted by Gasteiger charge is -2.12. The Kier molecular flexibility index (Phi) is 4.48. The van der Waals surface area contributed by atoms with Crippen molar-refractivity contribution in [2.24, 2.45) is 0 Å². The number of benzene rings is 2. The van der Waals surface area contributed by atoms with Crippen LogP contribution in [-0.4, -0.2) is 12.5 Å². The highest BCUT2D eigenvalue weighted by Gasteiger charge is 2.07. The Balaban J connectivity index is 1.97. The van der Waals surface area contributed by atoms with Gasteiger partial charge in [-0.25, -0.2) is 0 Å². The van der Waals surface area contributed by atoms with E-state index >= 15 is 0 Å². The second-order valence-corrected chi connectivity index (χ2v) is 5.18. The summed E-state index contributed by atoms with van der Waals surface area (Å²) in [4.78, 5) is 12.0. The number of hydrogen-bond acceptors (Lipinski definition) is 3. The zero-order valence-corrected chi connectivity index (χ0v) is 12.6. The molecule has 3 N–H and O–H groups in total. The lowest BCUT2D eigenvalue weighted by Crippen LogP contribution is -2.21. The lowest BCUT2D eigenvalue weighted by atomic mass is 10.1. The van der Waals surface area contributed by atoms with Gasteiger partial charge in [-0.05, 0) is 61.7 Å². The molecule has 1 amide bonds. The minimum absolute atomic E-state index is 0.0296. The summed E-state index contributed by atoms with van der Waals surface area (Å²) in [5, 5.41) is 2.86. The number of anilines is 2. The molecule has 2 rings (SSSR count). The Bertz CT molecular complexity index is 666. The van der Waals surface area contributed by atoms with E-state index in [1.54, 1.807) is 12.1 Å². The molecule has 0 saturated carbocycles. The van der Waals surface area contributed by atoms with Crippen LogP contribution in [0.5, 0.6) is 5.75 Å². The van der Waals surface area contributed by atoms with Crippen LogP contribution < -0.4 is 15.8 Å². The summed E-state index contributed by atoms with van der Waals surface area (Å²) in [6.07, 6.45) is 0. The highest BCUT2D eigenvalue weighted by atomic mass is 16.5. The van der Waals surface area contributed by atoms with Gasteiger partial charge in [-0.15, -0.1) is 0 Å². The van der Waals surface area contributed by atoms with Crippen LogP contribution in [0.1, 0.15) is 16.7 Å². The Morgan fingerprint density at radius 1 is 1.10 bits per heavy atom. The van der Waals surface area contributed by atoms with Crippen LogP contribution in [0.4, 0.5) is 11.4 Å². The Labute approximate surface area is 124 Å². The van der Waals surface area contributed by atoms with E-state index in [9.17, 15) is 4.79 Å². The van der Waals surface area contributed by atoms with E-state index in [0.717, 1.165) is 22.4 Å². The average molecular weight is 284 g/mol. The highest BCUT2D eigenvalue weighted by molar-refractivity contribution is 5.92. The van der Waals surface area contributed by atoms with Crippen molar-refractivity contribution in [1.29, 1.82) is 0 Å². The number of rotatable bonds is 4. The van der Waals surface area contributed by atoms with Crippen molar-refractivity contribution in [3.63, 3.8) is 0 Å². The van der Waals surface area contributed by atoms with Gasteiger partial charge in [-0.3, -0.25) is 4.79 Å². The van der Waals surface area contributed by atoms with Crippen molar-refractivity contribution >= 4 is 17.3 Å². The minimum Gasteiger partial charge on any atom is -0.483 e. The van der Waals surface area contributed by atoms with E-state index in [1.165, 1.54) is 0 Å². The van der Waals surface area contributed by atoms with E-state index in [0.29, 0.717) is 11.4 Å². The van der Waals surface area contributed by atoms with Gasteiger partial charge in [0.15, 0.2) is 6.61 Å². The van der Waals surface area contributed by atoms with Crippen LogP contribution in [0.2, 0.25) is 0 Å². The summed E-state index contributed by atoms with van der Waals surface area (Å²) in [6, 6.07) is 11.3. The Hall–Kier alpha value is -2.49. The number of nitrogens with two attached hydrogens (primary N) is 1. The van der Waals surface area contributed by atoms with Crippen LogP contribution in [0.25, 0.3) is 0 Å². The van der Waals surface area contributed by atoms with Gasteiger partial charge in [0.05, 0.1) is 0 Å². The molecule has 0 radical (unpaired) electrons. The fraction of sp³-hybridized carbons (Fsp3) is 0.235. The fourth-order valence-corrected chi connectivity index (χ4v) is 2.03. The molecule has 4 heteroatoms. The van der Waals surface area contributed by atoms with Crippen LogP contribution in [0.3, 0.4) is 0 Å². The maximum atomic E-state index is 12.0. The topological polar surface area (TPSA) is 64.3 Å². The number of nitrogens with one attached hydrogen (secondary N) is 1. The molecule has 0 spiro atoms. The van der Waals surface area contributed by atoms with Gasteiger partial charge in [0.1, 0.15) is 5.75 Å². The molecule has 0 saturated heterocycles. The number of carbonyl (C=O) groups excluding carboxylic acids is 1. The van der Waals surface area contributed by atoms with Gasteiger partial charge in [-0.1, -0.05) is 12.1 Å². The van der Waals surface area contributed by atoms with Crippen molar-refractivity contribution in [1.82, 2.24) is 0 Å². The average Bonchev–Trinajstić information content (AvgIpc) is 2.42. The van der Waals surface area contributed by atoms with Gasteiger partial charge in [0, 0.05) is 11.4 Å². The number of aryl methyl sites for hydroxylation is 3. The van der Waals surface area contributed by atoms with Gasteiger partial charge >= 0.3 is 0 Å². The molecule has 21 heavy (non-hydrogen) atoms. The maximum absolute atomic E-state index is 12.0. The molecule has 0 unspecified atom stereocenters. The standard InChI is InChI=1S/C17H20N2O2/c1-11-4-5-12(2)15(8-11)19-17(20)10-21-16-7-6-14(18)9-13(16)3/h4-9H,10,18H2,1-3H3,(H,19,20). The second kappa shape index (κ2) is 6.31. The third kappa shape index (κ3) is 3.99.